The molecule has 6 nitrogen and oxygen atoms in total. The molecule has 1 amide bonds. The first-order valence-corrected chi connectivity index (χ1v) is 11.5. The third kappa shape index (κ3) is 4.15. The second-order valence-electron chi connectivity index (χ2n) is 8.23. The molecule has 2 aromatic heterocycles. The summed E-state index contributed by atoms with van der Waals surface area (Å²) in [6.07, 6.45) is 0. The van der Waals surface area contributed by atoms with E-state index in [2.05, 4.69) is 10.3 Å². The van der Waals surface area contributed by atoms with Gasteiger partial charge in [0.2, 0.25) is 5.89 Å². The minimum atomic E-state index is -0.427. The SMILES string of the molecule is O=C(Nc1ccc2oc(-c3cccc(Cl)c3)nc2c1)c1ccc(-c2cc3ccccc3oc2=O)cc1. The van der Waals surface area contributed by atoms with Crippen LogP contribution in [0.1, 0.15) is 10.4 Å². The summed E-state index contributed by atoms with van der Waals surface area (Å²) in [5.74, 6) is 0.162. The lowest BCUT2D eigenvalue weighted by Crippen LogP contribution is -2.11. The minimum Gasteiger partial charge on any atom is -0.436 e. The molecule has 0 atom stereocenters. The molecular weight excluding hydrogens is 476 g/mol. The summed E-state index contributed by atoms with van der Waals surface area (Å²) in [7, 11) is 0. The van der Waals surface area contributed by atoms with E-state index in [9.17, 15) is 9.59 Å². The van der Waals surface area contributed by atoms with Gasteiger partial charge >= 0.3 is 5.63 Å². The van der Waals surface area contributed by atoms with E-state index in [1.807, 2.05) is 30.3 Å². The summed E-state index contributed by atoms with van der Waals surface area (Å²) in [6, 6.07) is 28.4. The van der Waals surface area contributed by atoms with Gasteiger partial charge in [0.05, 0.1) is 5.56 Å². The van der Waals surface area contributed by atoms with Crippen molar-refractivity contribution >= 4 is 45.3 Å². The summed E-state index contributed by atoms with van der Waals surface area (Å²) in [6.45, 7) is 0. The molecule has 6 rings (SSSR count). The third-order valence-electron chi connectivity index (χ3n) is 5.82. The number of halogens is 1. The zero-order chi connectivity index (χ0) is 24.6. The number of rotatable bonds is 4. The summed E-state index contributed by atoms with van der Waals surface area (Å²) < 4.78 is 11.2. The molecule has 1 N–H and O–H groups in total. The number of nitrogens with zero attached hydrogens (tertiary/aromatic N) is 1. The van der Waals surface area contributed by atoms with E-state index < -0.39 is 5.63 Å². The average molecular weight is 493 g/mol. The minimum absolute atomic E-state index is 0.287. The van der Waals surface area contributed by atoms with Crippen molar-refractivity contribution in [2.75, 3.05) is 5.32 Å². The Labute approximate surface area is 209 Å². The first kappa shape index (κ1) is 21.8. The van der Waals surface area contributed by atoms with E-state index >= 15 is 0 Å². The summed E-state index contributed by atoms with van der Waals surface area (Å²) >= 11 is 6.07. The zero-order valence-corrected chi connectivity index (χ0v) is 19.5. The number of carbonyl (C=O) groups is 1. The van der Waals surface area contributed by atoms with E-state index in [-0.39, 0.29) is 5.91 Å². The number of carbonyl (C=O) groups excluding carboxylic acids is 1. The van der Waals surface area contributed by atoms with Crippen LogP contribution < -0.4 is 10.9 Å². The number of amides is 1. The van der Waals surface area contributed by atoms with Crippen LogP contribution in [0.5, 0.6) is 0 Å². The van der Waals surface area contributed by atoms with Crippen molar-refractivity contribution in [2.45, 2.75) is 0 Å². The highest BCUT2D eigenvalue weighted by Crippen LogP contribution is 2.28. The highest BCUT2D eigenvalue weighted by atomic mass is 35.5. The molecule has 0 unspecified atom stereocenters. The summed E-state index contributed by atoms with van der Waals surface area (Å²) in [5.41, 5.74) is 4.22. The monoisotopic (exact) mass is 492 g/mol. The van der Waals surface area contributed by atoms with Crippen molar-refractivity contribution in [3.63, 3.8) is 0 Å². The van der Waals surface area contributed by atoms with E-state index in [1.165, 1.54) is 0 Å². The normalized spacial score (nSPS) is 11.1. The van der Waals surface area contributed by atoms with Crippen LogP contribution in [0.4, 0.5) is 5.69 Å². The van der Waals surface area contributed by atoms with Crippen LogP contribution in [0.2, 0.25) is 5.02 Å². The van der Waals surface area contributed by atoms with Gasteiger partial charge < -0.3 is 14.2 Å². The molecule has 6 aromatic rings. The summed E-state index contributed by atoms with van der Waals surface area (Å²) in [5, 5.41) is 4.30. The van der Waals surface area contributed by atoms with Gasteiger partial charge in [0.15, 0.2) is 5.58 Å². The lowest BCUT2D eigenvalue weighted by molar-refractivity contribution is 0.102. The van der Waals surface area contributed by atoms with Crippen molar-refractivity contribution in [1.29, 1.82) is 0 Å². The highest BCUT2D eigenvalue weighted by molar-refractivity contribution is 6.30. The molecule has 0 fully saturated rings. The quantitative estimate of drug-likeness (QED) is 0.263. The van der Waals surface area contributed by atoms with Gasteiger partial charge in [0, 0.05) is 27.2 Å². The Kier molecular flexibility index (Phi) is 5.36. The molecule has 0 spiro atoms. The number of nitrogens with one attached hydrogen (secondary N) is 1. The van der Waals surface area contributed by atoms with Crippen molar-refractivity contribution in [1.82, 2.24) is 4.98 Å². The number of oxazole rings is 1. The van der Waals surface area contributed by atoms with Crippen LogP contribution in [0.3, 0.4) is 0 Å². The van der Waals surface area contributed by atoms with E-state index in [0.29, 0.717) is 50.0 Å². The van der Waals surface area contributed by atoms with Crippen molar-refractivity contribution in [3.8, 4) is 22.6 Å². The van der Waals surface area contributed by atoms with Gasteiger partial charge in [0.25, 0.3) is 5.91 Å². The lowest BCUT2D eigenvalue weighted by Gasteiger charge is -2.07. The zero-order valence-electron chi connectivity index (χ0n) is 18.7. The van der Waals surface area contributed by atoms with Gasteiger partial charge in [-0.3, -0.25) is 4.79 Å². The Hall–Kier alpha value is -4.68. The molecule has 7 heteroatoms. The van der Waals surface area contributed by atoms with E-state index in [0.717, 1.165) is 10.9 Å². The Bertz CT molecular complexity index is 1820. The molecule has 0 aliphatic carbocycles. The molecule has 0 aliphatic heterocycles. The van der Waals surface area contributed by atoms with Gasteiger partial charge in [-0.2, -0.15) is 0 Å². The van der Waals surface area contributed by atoms with E-state index in [1.54, 1.807) is 66.7 Å². The third-order valence-corrected chi connectivity index (χ3v) is 6.05. The molecule has 2 heterocycles. The van der Waals surface area contributed by atoms with Crippen molar-refractivity contribution in [3.05, 3.63) is 118 Å². The predicted molar refractivity (Wildman–Crippen MR) is 140 cm³/mol. The van der Waals surface area contributed by atoms with Gasteiger partial charge in [-0.05, 0) is 66.2 Å². The maximum absolute atomic E-state index is 12.9. The number of aromatic nitrogens is 1. The Morgan fingerprint density at radius 1 is 0.778 bits per heavy atom. The predicted octanol–water partition coefficient (Wildman–Crippen LogP) is 7.17. The van der Waals surface area contributed by atoms with Crippen molar-refractivity contribution < 1.29 is 13.6 Å². The lowest BCUT2D eigenvalue weighted by atomic mass is 10.0. The largest absolute Gasteiger partial charge is 0.436 e. The van der Waals surface area contributed by atoms with Crippen molar-refractivity contribution in [2.24, 2.45) is 0 Å². The summed E-state index contributed by atoms with van der Waals surface area (Å²) in [4.78, 5) is 29.8. The fourth-order valence-electron chi connectivity index (χ4n) is 4.02. The second kappa shape index (κ2) is 8.83. The molecule has 0 saturated heterocycles. The van der Waals surface area contributed by atoms with Gasteiger partial charge in [-0.25, -0.2) is 9.78 Å². The standard InChI is InChI=1S/C29H17ClN2O4/c30-21-6-3-5-20(14-21)28-32-24-16-22(12-13-26(24)35-28)31-27(33)18-10-8-17(9-11-18)23-15-19-4-1-2-7-25(19)36-29(23)34/h1-16H,(H,31,33). The topological polar surface area (TPSA) is 85.3 Å². The molecule has 4 aromatic carbocycles. The number of fused-ring (bicyclic) bond motifs is 2. The average Bonchev–Trinajstić information content (AvgIpc) is 3.32. The smallest absolute Gasteiger partial charge is 0.344 e. The number of hydrogen-bond acceptors (Lipinski definition) is 5. The fraction of sp³-hybridized carbons (Fsp3) is 0. The Morgan fingerprint density at radius 3 is 2.44 bits per heavy atom. The first-order valence-electron chi connectivity index (χ1n) is 11.1. The Balaban J connectivity index is 1.23. The number of hydrogen-bond donors (Lipinski definition) is 1. The van der Waals surface area contributed by atoms with Crippen LogP contribution in [0.15, 0.2) is 111 Å². The van der Waals surface area contributed by atoms with Gasteiger partial charge in [-0.15, -0.1) is 0 Å². The molecule has 0 aliphatic rings. The van der Waals surface area contributed by atoms with Gasteiger partial charge in [-0.1, -0.05) is 48.0 Å². The van der Waals surface area contributed by atoms with Crippen LogP contribution in [0, 0.1) is 0 Å². The number of anilines is 1. The second-order valence-corrected chi connectivity index (χ2v) is 8.67. The molecule has 0 bridgehead atoms. The molecule has 0 saturated carbocycles. The molecular formula is C29H17ClN2O4. The maximum atomic E-state index is 12.9. The van der Waals surface area contributed by atoms with Crippen LogP contribution in [0.25, 0.3) is 44.7 Å². The highest BCUT2D eigenvalue weighted by Gasteiger charge is 2.13. The molecule has 36 heavy (non-hydrogen) atoms. The van der Waals surface area contributed by atoms with Crippen LogP contribution >= 0.6 is 11.6 Å². The Morgan fingerprint density at radius 2 is 1.61 bits per heavy atom. The first-order chi connectivity index (χ1) is 17.5. The number of para-hydroxylation sites is 1. The fourth-order valence-corrected chi connectivity index (χ4v) is 4.21. The number of benzene rings is 4. The van der Waals surface area contributed by atoms with Crippen LogP contribution in [-0.2, 0) is 0 Å². The molecule has 0 radical (unpaired) electrons. The van der Waals surface area contributed by atoms with Crippen LogP contribution in [-0.4, -0.2) is 10.9 Å². The molecule has 174 valence electrons. The van der Waals surface area contributed by atoms with Gasteiger partial charge in [0.1, 0.15) is 11.1 Å². The van der Waals surface area contributed by atoms with E-state index in [4.69, 9.17) is 20.4 Å². The maximum Gasteiger partial charge on any atom is 0.344 e.